The molecule has 0 amide bonds. The molecule has 0 atom stereocenters. The standard InChI is InChI=1S/C52H33NO2/c1-2-9-34(10-3-1)35-17-19-36(20-18-35)37-21-26-40(27-22-37)53(42-30-32-46-45-13-6-7-15-48(45)54-50(46)33-42)41-28-23-39(24-29-41)43-14-8-16-49-51(43)47-31-25-38-11-4-5-12-44(38)52(47)55-49/h1-33H. The molecule has 3 heteroatoms. The third-order valence-electron chi connectivity index (χ3n) is 10.9. The number of hydrogen-bond donors (Lipinski definition) is 0. The summed E-state index contributed by atoms with van der Waals surface area (Å²) in [5.74, 6) is 0. The van der Waals surface area contributed by atoms with Crippen molar-refractivity contribution >= 4 is 71.7 Å². The van der Waals surface area contributed by atoms with Gasteiger partial charge in [0.15, 0.2) is 0 Å². The summed E-state index contributed by atoms with van der Waals surface area (Å²) < 4.78 is 12.9. The van der Waals surface area contributed by atoms with Crippen molar-refractivity contribution in [2.45, 2.75) is 0 Å². The van der Waals surface area contributed by atoms with Gasteiger partial charge in [0.2, 0.25) is 0 Å². The Hall–Kier alpha value is -7.36. The Bertz CT molecular complexity index is 3170. The average molecular weight is 704 g/mol. The normalized spacial score (nSPS) is 11.6. The van der Waals surface area contributed by atoms with Gasteiger partial charge in [-0.15, -0.1) is 0 Å². The number of nitrogens with zero attached hydrogens (tertiary/aromatic N) is 1. The van der Waals surface area contributed by atoms with Crippen molar-refractivity contribution in [3.05, 3.63) is 200 Å². The fraction of sp³-hybridized carbons (Fsp3) is 0. The van der Waals surface area contributed by atoms with Crippen LogP contribution in [0, 0.1) is 0 Å². The molecule has 11 rings (SSSR count). The lowest BCUT2D eigenvalue weighted by Gasteiger charge is -2.26. The highest BCUT2D eigenvalue weighted by atomic mass is 16.3. The fourth-order valence-corrected chi connectivity index (χ4v) is 8.17. The SMILES string of the molecule is c1ccc(-c2ccc(-c3ccc(N(c4ccc(-c5cccc6oc7c8ccccc8ccc7c56)cc4)c4ccc5c(c4)oc4ccccc45)cc3)cc2)cc1. The molecule has 258 valence electrons. The van der Waals surface area contributed by atoms with Gasteiger partial charge in [0.05, 0.1) is 0 Å². The van der Waals surface area contributed by atoms with Gasteiger partial charge in [-0.05, 0) is 93.4 Å². The van der Waals surface area contributed by atoms with Gasteiger partial charge in [-0.25, -0.2) is 0 Å². The first-order valence-corrected chi connectivity index (χ1v) is 18.7. The van der Waals surface area contributed by atoms with Crippen molar-refractivity contribution in [1.29, 1.82) is 0 Å². The van der Waals surface area contributed by atoms with Crippen LogP contribution in [0.15, 0.2) is 209 Å². The van der Waals surface area contributed by atoms with Gasteiger partial charge in [-0.3, -0.25) is 0 Å². The molecule has 0 unspecified atom stereocenters. The number of furan rings is 2. The minimum atomic E-state index is 0.862. The predicted molar refractivity (Wildman–Crippen MR) is 229 cm³/mol. The molecular weight excluding hydrogens is 671 g/mol. The van der Waals surface area contributed by atoms with Crippen LogP contribution in [0.3, 0.4) is 0 Å². The van der Waals surface area contributed by atoms with Gasteiger partial charge < -0.3 is 13.7 Å². The molecule has 2 aromatic heterocycles. The Kier molecular flexibility index (Phi) is 7.17. The highest BCUT2D eigenvalue weighted by Gasteiger charge is 2.18. The summed E-state index contributed by atoms with van der Waals surface area (Å²) in [5, 5.41) is 6.80. The van der Waals surface area contributed by atoms with E-state index in [1.165, 1.54) is 27.6 Å². The zero-order valence-corrected chi connectivity index (χ0v) is 29.8. The van der Waals surface area contributed by atoms with Crippen LogP contribution in [0.5, 0.6) is 0 Å². The minimum absolute atomic E-state index is 0.862. The van der Waals surface area contributed by atoms with Gasteiger partial charge in [-0.2, -0.15) is 0 Å². The third-order valence-corrected chi connectivity index (χ3v) is 10.9. The molecule has 0 radical (unpaired) electrons. The Balaban J connectivity index is 0.999. The van der Waals surface area contributed by atoms with Crippen molar-refractivity contribution in [3.63, 3.8) is 0 Å². The quantitative estimate of drug-likeness (QED) is 0.173. The molecule has 3 nitrogen and oxygen atoms in total. The second kappa shape index (κ2) is 12.6. The van der Waals surface area contributed by atoms with Crippen LogP contribution in [0.1, 0.15) is 0 Å². The van der Waals surface area contributed by atoms with E-state index in [9.17, 15) is 0 Å². The topological polar surface area (TPSA) is 29.5 Å². The van der Waals surface area contributed by atoms with Crippen molar-refractivity contribution in [3.8, 4) is 33.4 Å². The number of benzene rings is 9. The molecule has 0 fully saturated rings. The zero-order chi connectivity index (χ0) is 36.3. The van der Waals surface area contributed by atoms with Crippen LogP contribution in [0.25, 0.3) is 88.0 Å². The Labute approximate surface area is 317 Å². The summed E-state index contributed by atoms with van der Waals surface area (Å²) in [7, 11) is 0. The van der Waals surface area contributed by atoms with Gasteiger partial charge in [-0.1, -0.05) is 140 Å². The van der Waals surface area contributed by atoms with Crippen molar-refractivity contribution in [1.82, 2.24) is 0 Å². The van der Waals surface area contributed by atoms with E-state index in [0.29, 0.717) is 0 Å². The molecule has 0 aliphatic carbocycles. The van der Waals surface area contributed by atoms with E-state index in [0.717, 1.165) is 77.5 Å². The molecule has 0 saturated heterocycles. The Morgan fingerprint density at radius 3 is 1.60 bits per heavy atom. The summed E-state index contributed by atoms with van der Waals surface area (Å²) in [6, 6.07) is 70.9. The van der Waals surface area contributed by atoms with E-state index in [4.69, 9.17) is 8.83 Å². The maximum absolute atomic E-state index is 6.51. The number of hydrogen-bond acceptors (Lipinski definition) is 3. The van der Waals surface area contributed by atoms with E-state index >= 15 is 0 Å². The van der Waals surface area contributed by atoms with E-state index in [1.807, 2.05) is 12.1 Å². The third kappa shape index (κ3) is 5.28. The van der Waals surface area contributed by atoms with Crippen molar-refractivity contribution in [2.75, 3.05) is 4.90 Å². The van der Waals surface area contributed by atoms with Gasteiger partial charge in [0.25, 0.3) is 0 Å². The second-order valence-electron chi connectivity index (χ2n) is 14.1. The number of anilines is 3. The average Bonchev–Trinajstić information content (AvgIpc) is 3.83. The molecule has 0 aliphatic heterocycles. The maximum Gasteiger partial charge on any atom is 0.143 e. The Morgan fingerprint density at radius 2 is 0.855 bits per heavy atom. The summed E-state index contributed by atoms with van der Waals surface area (Å²) in [6.45, 7) is 0. The van der Waals surface area contributed by atoms with E-state index in [-0.39, 0.29) is 0 Å². The number of fused-ring (bicyclic) bond motifs is 8. The molecule has 55 heavy (non-hydrogen) atoms. The van der Waals surface area contributed by atoms with Crippen LogP contribution >= 0.6 is 0 Å². The van der Waals surface area contributed by atoms with E-state index in [1.54, 1.807) is 0 Å². The summed E-state index contributed by atoms with van der Waals surface area (Å²) in [5.41, 5.74) is 13.8. The van der Waals surface area contributed by atoms with Crippen LogP contribution < -0.4 is 4.90 Å². The van der Waals surface area contributed by atoms with Crippen molar-refractivity contribution in [2.24, 2.45) is 0 Å². The molecule has 0 saturated carbocycles. The second-order valence-corrected chi connectivity index (χ2v) is 14.1. The largest absolute Gasteiger partial charge is 0.456 e. The highest BCUT2D eigenvalue weighted by Crippen LogP contribution is 2.42. The van der Waals surface area contributed by atoms with E-state index in [2.05, 4.69) is 193 Å². The van der Waals surface area contributed by atoms with E-state index < -0.39 is 0 Å². The molecule has 0 N–H and O–H groups in total. The number of para-hydroxylation sites is 1. The molecule has 0 bridgehead atoms. The lowest BCUT2D eigenvalue weighted by molar-refractivity contribution is 0.669. The molecule has 11 aromatic rings. The van der Waals surface area contributed by atoms with Gasteiger partial charge >= 0.3 is 0 Å². The first-order chi connectivity index (χ1) is 27.2. The fourth-order valence-electron chi connectivity index (χ4n) is 8.17. The van der Waals surface area contributed by atoms with Gasteiger partial charge in [0, 0.05) is 50.1 Å². The van der Waals surface area contributed by atoms with Crippen LogP contribution in [0.4, 0.5) is 17.1 Å². The first kappa shape index (κ1) is 31.2. The van der Waals surface area contributed by atoms with Crippen molar-refractivity contribution < 1.29 is 8.83 Å². The minimum Gasteiger partial charge on any atom is -0.456 e. The lowest BCUT2D eigenvalue weighted by atomic mass is 9.98. The predicted octanol–water partition coefficient (Wildman–Crippen LogP) is 15.1. The summed E-state index contributed by atoms with van der Waals surface area (Å²) in [6.07, 6.45) is 0. The molecule has 0 aliphatic rings. The molecule has 9 aromatic carbocycles. The smallest absolute Gasteiger partial charge is 0.143 e. The first-order valence-electron chi connectivity index (χ1n) is 18.7. The highest BCUT2D eigenvalue weighted by molar-refractivity contribution is 6.19. The van der Waals surface area contributed by atoms with Gasteiger partial charge in [0.1, 0.15) is 22.3 Å². The molecule has 2 heterocycles. The molecule has 0 spiro atoms. The lowest BCUT2D eigenvalue weighted by Crippen LogP contribution is -2.09. The van der Waals surface area contributed by atoms with Crippen LogP contribution in [-0.2, 0) is 0 Å². The summed E-state index contributed by atoms with van der Waals surface area (Å²) in [4.78, 5) is 2.30. The maximum atomic E-state index is 6.51. The van der Waals surface area contributed by atoms with Crippen LogP contribution in [-0.4, -0.2) is 0 Å². The monoisotopic (exact) mass is 703 g/mol. The summed E-state index contributed by atoms with van der Waals surface area (Å²) >= 11 is 0. The molecular formula is C52H33NO2. The Morgan fingerprint density at radius 1 is 0.309 bits per heavy atom. The number of rotatable bonds is 6. The van der Waals surface area contributed by atoms with Crippen LogP contribution in [0.2, 0.25) is 0 Å². The zero-order valence-electron chi connectivity index (χ0n) is 29.8.